The van der Waals surface area contributed by atoms with E-state index in [1.807, 2.05) is 16.9 Å². The molecule has 30 heavy (non-hydrogen) atoms. The molecule has 3 heterocycles. The summed E-state index contributed by atoms with van der Waals surface area (Å²) in [6, 6.07) is 10.6. The number of rotatable bonds is 7. The fourth-order valence-electron chi connectivity index (χ4n) is 4.94. The Labute approximate surface area is 179 Å². The van der Waals surface area contributed by atoms with Gasteiger partial charge in [0.05, 0.1) is 12.3 Å². The topological polar surface area (TPSA) is 50.6 Å². The largest absolute Gasteiger partial charge is 0.383 e. The smallest absolute Gasteiger partial charge is 0.226 e. The lowest BCUT2D eigenvalue weighted by Gasteiger charge is -2.36. The number of benzene rings is 1. The van der Waals surface area contributed by atoms with Crippen molar-refractivity contribution in [1.29, 1.82) is 0 Å². The molecule has 162 valence electrons. The van der Waals surface area contributed by atoms with Gasteiger partial charge in [0.1, 0.15) is 0 Å². The van der Waals surface area contributed by atoms with E-state index in [1.165, 1.54) is 12.0 Å². The Hall–Kier alpha value is -2.18. The zero-order valence-corrected chi connectivity index (χ0v) is 18.1. The first kappa shape index (κ1) is 21.1. The molecular formula is C24H34N4O2. The van der Waals surface area contributed by atoms with E-state index in [0.29, 0.717) is 18.4 Å². The third-order valence-electron chi connectivity index (χ3n) is 6.70. The van der Waals surface area contributed by atoms with Crippen LogP contribution in [0.15, 0.2) is 42.7 Å². The second-order valence-corrected chi connectivity index (χ2v) is 8.65. The van der Waals surface area contributed by atoms with Gasteiger partial charge in [0.25, 0.3) is 0 Å². The first-order valence-electron chi connectivity index (χ1n) is 11.3. The Morgan fingerprint density at radius 3 is 2.57 bits per heavy atom. The van der Waals surface area contributed by atoms with E-state index in [1.54, 1.807) is 13.3 Å². The molecule has 0 bridgehead atoms. The van der Waals surface area contributed by atoms with Crippen LogP contribution in [0.25, 0.3) is 5.69 Å². The summed E-state index contributed by atoms with van der Waals surface area (Å²) < 4.78 is 7.09. The molecule has 2 saturated heterocycles. The Morgan fingerprint density at radius 2 is 1.87 bits per heavy atom. The highest BCUT2D eigenvalue weighted by Crippen LogP contribution is 2.32. The minimum atomic E-state index is 0.208. The molecule has 0 radical (unpaired) electrons. The van der Waals surface area contributed by atoms with Crippen molar-refractivity contribution >= 4 is 5.91 Å². The van der Waals surface area contributed by atoms with Crippen LogP contribution >= 0.6 is 0 Å². The Bertz CT molecular complexity index is 782. The maximum Gasteiger partial charge on any atom is 0.226 e. The first-order valence-corrected chi connectivity index (χ1v) is 11.3. The molecule has 1 aromatic carbocycles. The van der Waals surface area contributed by atoms with E-state index >= 15 is 0 Å². The highest BCUT2D eigenvalue weighted by molar-refractivity contribution is 5.79. The van der Waals surface area contributed by atoms with E-state index in [4.69, 9.17) is 4.74 Å². The molecule has 0 aliphatic carbocycles. The van der Waals surface area contributed by atoms with Crippen LogP contribution in [-0.2, 0) is 16.1 Å². The summed E-state index contributed by atoms with van der Waals surface area (Å²) in [6.45, 7) is 5.40. The number of aromatic nitrogens is 2. The average molecular weight is 411 g/mol. The summed E-state index contributed by atoms with van der Waals surface area (Å²) in [7, 11) is 1.71. The number of nitrogens with zero attached hydrogens (tertiary/aromatic N) is 4. The number of carbonyl (C=O) groups is 1. The Kier molecular flexibility index (Phi) is 7.18. The molecule has 2 fully saturated rings. The molecule has 1 amide bonds. The number of hydrogen-bond acceptors (Lipinski definition) is 4. The molecule has 0 saturated carbocycles. The monoisotopic (exact) mass is 410 g/mol. The lowest BCUT2D eigenvalue weighted by atomic mass is 9.81. The predicted octanol–water partition coefficient (Wildman–Crippen LogP) is 3.36. The molecule has 0 spiro atoms. The van der Waals surface area contributed by atoms with E-state index in [2.05, 4.69) is 39.2 Å². The van der Waals surface area contributed by atoms with E-state index in [0.717, 1.165) is 64.1 Å². The molecule has 2 aliphatic rings. The molecule has 1 atom stereocenters. The summed E-state index contributed by atoms with van der Waals surface area (Å²) in [5.74, 6) is 1.11. The van der Waals surface area contributed by atoms with Gasteiger partial charge in [-0.2, -0.15) is 5.10 Å². The predicted molar refractivity (Wildman–Crippen MR) is 117 cm³/mol. The molecular weight excluding hydrogens is 376 g/mol. The summed E-state index contributed by atoms with van der Waals surface area (Å²) in [5.41, 5.74) is 2.42. The second-order valence-electron chi connectivity index (χ2n) is 8.65. The number of piperidine rings is 1. The molecule has 2 aromatic rings. The lowest BCUT2D eigenvalue weighted by Crippen LogP contribution is -2.43. The van der Waals surface area contributed by atoms with Crippen LogP contribution in [0.4, 0.5) is 0 Å². The summed E-state index contributed by atoms with van der Waals surface area (Å²) >= 11 is 0. The van der Waals surface area contributed by atoms with Gasteiger partial charge in [-0.15, -0.1) is 0 Å². The number of ether oxygens (including phenoxy) is 1. The van der Waals surface area contributed by atoms with Crippen molar-refractivity contribution in [2.24, 2.45) is 11.8 Å². The highest BCUT2D eigenvalue weighted by Gasteiger charge is 2.34. The van der Waals surface area contributed by atoms with E-state index in [-0.39, 0.29) is 5.92 Å². The van der Waals surface area contributed by atoms with Gasteiger partial charge in [0.15, 0.2) is 0 Å². The van der Waals surface area contributed by atoms with Gasteiger partial charge in [-0.25, -0.2) is 4.68 Å². The van der Waals surface area contributed by atoms with E-state index < -0.39 is 0 Å². The van der Waals surface area contributed by atoms with Crippen LogP contribution < -0.4 is 0 Å². The molecule has 0 N–H and O–H groups in total. The molecule has 1 aromatic heterocycles. The molecule has 1 unspecified atom stereocenters. The maximum absolute atomic E-state index is 13.1. The fraction of sp³-hybridized carbons (Fsp3) is 0.583. The highest BCUT2D eigenvalue weighted by atomic mass is 16.5. The average Bonchev–Trinajstić information content (AvgIpc) is 3.25. The summed E-state index contributed by atoms with van der Waals surface area (Å²) in [6.07, 6.45) is 9.36. The van der Waals surface area contributed by atoms with Gasteiger partial charge in [-0.1, -0.05) is 18.6 Å². The van der Waals surface area contributed by atoms with Crippen molar-refractivity contribution in [3.05, 3.63) is 48.3 Å². The van der Waals surface area contributed by atoms with Gasteiger partial charge in [-0.3, -0.25) is 9.69 Å². The van der Waals surface area contributed by atoms with Crippen LogP contribution in [-0.4, -0.2) is 65.4 Å². The minimum Gasteiger partial charge on any atom is -0.383 e. The lowest BCUT2D eigenvalue weighted by molar-refractivity contribution is -0.138. The van der Waals surface area contributed by atoms with Crippen LogP contribution in [0.3, 0.4) is 0 Å². The number of methoxy groups -OCH3 is 1. The first-order chi connectivity index (χ1) is 14.7. The van der Waals surface area contributed by atoms with Gasteiger partial charge in [-0.05, 0) is 68.5 Å². The van der Waals surface area contributed by atoms with Crippen LogP contribution in [0.1, 0.15) is 37.7 Å². The van der Waals surface area contributed by atoms with Crippen molar-refractivity contribution in [2.45, 2.75) is 38.6 Å². The normalized spacial score (nSPS) is 21.7. The summed E-state index contributed by atoms with van der Waals surface area (Å²) in [4.78, 5) is 17.7. The third kappa shape index (κ3) is 5.10. The standard InChI is InChI=1S/C24H34N4O2/c1-30-18-17-27-13-3-2-5-23(24(27)29)21-10-15-26(16-11-21)19-20-6-8-22(9-7-20)28-14-4-12-25-28/h4,6-9,12,14,21,23H,2-3,5,10-11,13,15-19H2,1H3. The van der Waals surface area contributed by atoms with Gasteiger partial charge >= 0.3 is 0 Å². The molecule has 6 nitrogen and oxygen atoms in total. The Morgan fingerprint density at radius 1 is 1.07 bits per heavy atom. The quantitative estimate of drug-likeness (QED) is 0.702. The third-order valence-corrected chi connectivity index (χ3v) is 6.70. The van der Waals surface area contributed by atoms with E-state index in [9.17, 15) is 4.79 Å². The van der Waals surface area contributed by atoms with Crippen molar-refractivity contribution in [2.75, 3.05) is 39.9 Å². The fourth-order valence-corrected chi connectivity index (χ4v) is 4.94. The number of amides is 1. The molecule has 4 rings (SSSR count). The van der Waals surface area contributed by atoms with Crippen molar-refractivity contribution in [3.63, 3.8) is 0 Å². The second kappa shape index (κ2) is 10.2. The molecule has 6 heteroatoms. The Balaban J connectivity index is 1.29. The number of likely N-dealkylation sites (tertiary alicyclic amines) is 2. The van der Waals surface area contributed by atoms with Crippen LogP contribution in [0.5, 0.6) is 0 Å². The van der Waals surface area contributed by atoms with Crippen molar-refractivity contribution in [1.82, 2.24) is 19.6 Å². The van der Waals surface area contributed by atoms with Crippen LogP contribution in [0, 0.1) is 11.8 Å². The van der Waals surface area contributed by atoms with Gasteiger partial charge < -0.3 is 9.64 Å². The number of carbonyl (C=O) groups excluding carboxylic acids is 1. The number of hydrogen-bond donors (Lipinski definition) is 0. The molecule has 2 aliphatic heterocycles. The zero-order valence-electron chi connectivity index (χ0n) is 18.1. The summed E-state index contributed by atoms with van der Waals surface area (Å²) in [5, 5.41) is 4.29. The van der Waals surface area contributed by atoms with Crippen LogP contribution in [0.2, 0.25) is 0 Å². The van der Waals surface area contributed by atoms with Gasteiger partial charge in [0.2, 0.25) is 5.91 Å². The maximum atomic E-state index is 13.1. The van der Waals surface area contributed by atoms with Crippen molar-refractivity contribution < 1.29 is 9.53 Å². The van der Waals surface area contributed by atoms with Gasteiger partial charge in [0, 0.05) is 45.1 Å². The SMILES string of the molecule is COCCN1CCCCC(C2CCN(Cc3ccc(-n4cccn4)cc3)CC2)C1=O. The van der Waals surface area contributed by atoms with Crippen molar-refractivity contribution in [3.8, 4) is 5.69 Å². The minimum absolute atomic E-state index is 0.208. The zero-order chi connectivity index (χ0) is 20.8.